The lowest BCUT2D eigenvalue weighted by Gasteiger charge is -2.28. The van der Waals surface area contributed by atoms with Crippen LogP contribution >= 0.6 is 12.6 Å². The average molecular weight is 750 g/mol. The van der Waals surface area contributed by atoms with Crippen LogP contribution in [0.3, 0.4) is 0 Å². The highest BCUT2D eigenvalue weighted by Gasteiger charge is 2.26. The Morgan fingerprint density at radius 3 is 1.79 bits per heavy atom. The molecule has 4 heteroatoms. The van der Waals surface area contributed by atoms with E-state index in [1.54, 1.807) is 0 Å². The van der Waals surface area contributed by atoms with Crippen molar-refractivity contribution in [2.75, 3.05) is 0 Å². The molecule has 3 heterocycles. The molecule has 3 nitrogen and oxygen atoms in total. The number of fused-ring (bicyclic) bond motifs is 3. The van der Waals surface area contributed by atoms with Crippen molar-refractivity contribution < 1.29 is 0 Å². The second kappa shape index (κ2) is 13.9. The van der Waals surface area contributed by atoms with Gasteiger partial charge in [0.25, 0.3) is 0 Å². The second-order valence-electron chi connectivity index (χ2n) is 18.2. The van der Waals surface area contributed by atoms with E-state index in [1.807, 2.05) is 6.20 Å². The lowest BCUT2D eigenvalue weighted by atomic mass is 9.79. The third kappa shape index (κ3) is 7.08. The van der Waals surface area contributed by atoms with E-state index in [0.29, 0.717) is 0 Å². The van der Waals surface area contributed by atoms with Gasteiger partial charge in [-0.1, -0.05) is 153 Å². The van der Waals surface area contributed by atoms with Crippen LogP contribution in [0.4, 0.5) is 0 Å². The van der Waals surface area contributed by atoms with Crippen LogP contribution in [0, 0.1) is 0 Å². The number of pyridine rings is 2. The fourth-order valence-corrected chi connectivity index (χ4v) is 8.29. The Balaban J connectivity index is 1.35. The zero-order valence-corrected chi connectivity index (χ0v) is 35.0. The molecule has 8 aromatic rings. The molecule has 0 N–H and O–H groups in total. The van der Waals surface area contributed by atoms with Crippen molar-refractivity contribution in [2.24, 2.45) is 0 Å². The first kappa shape index (κ1) is 37.5. The van der Waals surface area contributed by atoms with E-state index in [2.05, 4.69) is 200 Å². The molecule has 5 aromatic carbocycles. The molecule has 0 fully saturated rings. The summed E-state index contributed by atoms with van der Waals surface area (Å²) < 4.78 is 2.33. The fourth-order valence-electron chi connectivity index (χ4n) is 7.71. The van der Waals surface area contributed by atoms with E-state index < -0.39 is 0 Å². The summed E-state index contributed by atoms with van der Waals surface area (Å²) in [7, 11) is 0. The molecule has 0 aliphatic heterocycles. The largest absolute Gasteiger partial charge is 0.294 e. The topological polar surface area (TPSA) is 30.7 Å². The van der Waals surface area contributed by atoms with Gasteiger partial charge in [-0.15, -0.1) is 12.6 Å². The lowest BCUT2D eigenvalue weighted by molar-refractivity contribution is 0.560. The van der Waals surface area contributed by atoms with E-state index >= 15 is 0 Å². The minimum Gasteiger partial charge on any atom is -0.294 e. The van der Waals surface area contributed by atoms with Crippen LogP contribution in [0.5, 0.6) is 0 Å². The number of aromatic nitrogens is 3. The Kier molecular flexibility index (Phi) is 9.32. The molecule has 0 aliphatic rings. The quantitative estimate of drug-likeness (QED) is 0.178. The highest BCUT2D eigenvalue weighted by molar-refractivity contribution is 7.80. The van der Waals surface area contributed by atoms with Gasteiger partial charge in [0.15, 0.2) is 0 Å². The van der Waals surface area contributed by atoms with Gasteiger partial charge in [-0.2, -0.15) is 0 Å². The molecule has 0 saturated heterocycles. The van der Waals surface area contributed by atoms with Crippen molar-refractivity contribution in [1.29, 1.82) is 0 Å². The first-order valence-corrected chi connectivity index (χ1v) is 20.1. The Hall–Kier alpha value is -5.45. The molecule has 0 bridgehead atoms. The second-order valence-corrected chi connectivity index (χ2v) is 18.7. The summed E-state index contributed by atoms with van der Waals surface area (Å²) >= 11 is 5.26. The molecule has 0 atom stereocenters. The van der Waals surface area contributed by atoms with Crippen LogP contribution in [0.2, 0.25) is 0 Å². The molecule has 0 unspecified atom stereocenters. The van der Waals surface area contributed by atoms with Gasteiger partial charge in [-0.25, -0.2) is 4.98 Å². The molecule has 0 spiro atoms. The van der Waals surface area contributed by atoms with Crippen molar-refractivity contribution >= 4 is 34.4 Å². The molecule has 0 saturated carbocycles. The van der Waals surface area contributed by atoms with Gasteiger partial charge in [0.1, 0.15) is 5.82 Å². The molecule has 0 amide bonds. The maximum Gasteiger partial charge on any atom is 0.138 e. The minimum atomic E-state index is -0.0998. The number of para-hydroxylation sites is 1. The van der Waals surface area contributed by atoms with Crippen LogP contribution in [0.25, 0.3) is 72.4 Å². The number of nitrogens with zero attached hydrogens (tertiary/aromatic N) is 3. The molecule has 56 heavy (non-hydrogen) atoms. The predicted molar refractivity (Wildman–Crippen MR) is 241 cm³/mol. The Bertz CT molecular complexity index is 2730. The normalized spacial score (nSPS) is 12.5. The van der Waals surface area contributed by atoms with Gasteiger partial charge in [-0.05, 0) is 97.7 Å². The van der Waals surface area contributed by atoms with Crippen LogP contribution in [0.15, 0.2) is 145 Å². The Morgan fingerprint density at radius 2 is 1.09 bits per heavy atom. The van der Waals surface area contributed by atoms with Crippen molar-refractivity contribution in [3.63, 3.8) is 0 Å². The Labute approximate surface area is 337 Å². The maximum atomic E-state index is 5.56. The molecule has 8 rings (SSSR count). The molecular weight excluding hydrogens is 699 g/mol. The van der Waals surface area contributed by atoms with E-state index in [0.717, 1.165) is 61.0 Å². The molecule has 0 radical (unpaired) electrons. The van der Waals surface area contributed by atoms with E-state index in [4.69, 9.17) is 22.6 Å². The van der Waals surface area contributed by atoms with Crippen molar-refractivity contribution in [3.8, 4) is 50.6 Å². The van der Waals surface area contributed by atoms with Gasteiger partial charge in [0, 0.05) is 33.0 Å². The van der Waals surface area contributed by atoms with Crippen LogP contribution < -0.4 is 0 Å². The Morgan fingerprint density at radius 1 is 0.464 bits per heavy atom. The average Bonchev–Trinajstić information content (AvgIpc) is 3.51. The number of thiol groups is 1. The summed E-state index contributed by atoms with van der Waals surface area (Å²) in [6, 6.07) is 48.3. The first-order valence-electron chi connectivity index (χ1n) is 19.6. The lowest BCUT2D eigenvalue weighted by Crippen LogP contribution is -2.17. The number of benzene rings is 5. The van der Waals surface area contributed by atoms with Crippen LogP contribution in [-0.4, -0.2) is 14.5 Å². The maximum absolute atomic E-state index is 5.56. The summed E-state index contributed by atoms with van der Waals surface area (Å²) in [6.07, 6.45) is 1.92. The molecular formula is C52H51N3S. The monoisotopic (exact) mass is 749 g/mol. The van der Waals surface area contributed by atoms with Crippen LogP contribution in [-0.2, 0) is 16.2 Å². The number of rotatable bonds is 5. The summed E-state index contributed by atoms with van der Waals surface area (Å²) in [5.41, 5.74) is 14.4. The number of hydrogen-bond donors (Lipinski definition) is 1. The van der Waals surface area contributed by atoms with Gasteiger partial charge >= 0.3 is 0 Å². The van der Waals surface area contributed by atoms with Gasteiger partial charge in [0.05, 0.1) is 22.4 Å². The van der Waals surface area contributed by atoms with Crippen molar-refractivity contribution in [1.82, 2.24) is 14.5 Å². The van der Waals surface area contributed by atoms with Crippen molar-refractivity contribution in [2.45, 2.75) is 83.5 Å². The SMILES string of the molecule is CC(C)(C)c1ccc(-c2ccnc(-c3ccc4c5ccccc5n(-c5cc(-c6ccccc6)cc(-c6cc(C(C)(C)C)cc(C(C)(C)C)c6S)n5)c4c3)c2)cc1. The van der Waals surface area contributed by atoms with Gasteiger partial charge < -0.3 is 0 Å². The molecule has 280 valence electrons. The molecule has 0 aliphatic carbocycles. The fraction of sp³-hybridized carbons (Fsp3) is 0.231. The van der Waals surface area contributed by atoms with Crippen LogP contribution in [0.1, 0.15) is 79.0 Å². The van der Waals surface area contributed by atoms with E-state index in [1.165, 1.54) is 33.0 Å². The molecule has 3 aromatic heterocycles. The zero-order chi connectivity index (χ0) is 39.6. The van der Waals surface area contributed by atoms with Gasteiger partial charge in [-0.3, -0.25) is 9.55 Å². The smallest absolute Gasteiger partial charge is 0.138 e. The number of hydrogen-bond acceptors (Lipinski definition) is 3. The van der Waals surface area contributed by atoms with E-state index in [-0.39, 0.29) is 16.2 Å². The summed E-state index contributed by atoms with van der Waals surface area (Å²) in [5, 5.41) is 2.36. The minimum absolute atomic E-state index is 0.0550. The highest BCUT2D eigenvalue weighted by atomic mass is 32.1. The van der Waals surface area contributed by atoms with E-state index in [9.17, 15) is 0 Å². The highest BCUT2D eigenvalue weighted by Crippen LogP contribution is 2.42. The summed E-state index contributed by atoms with van der Waals surface area (Å²) in [4.78, 5) is 11.4. The third-order valence-corrected chi connectivity index (χ3v) is 11.5. The standard InChI is InChI=1S/C52H51N3S/c1-50(2,3)38-22-19-34(20-23-38)35-25-26-53-44(27-35)36-21-24-41-40-17-13-14-18-46(40)55(47(41)29-36)48-30-37(33-15-11-10-12-16-33)28-45(54-48)42-31-39(51(4,5)6)32-43(49(42)56)52(7,8)9/h10-32,56H,1-9H3. The summed E-state index contributed by atoms with van der Waals surface area (Å²) in [5.74, 6) is 0.858. The van der Waals surface area contributed by atoms with Crippen molar-refractivity contribution in [3.05, 3.63) is 156 Å². The van der Waals surface area contributed by atoms with Gasteiger partial charge in [0.2, 0.25) is 0 Å². The third-order valence-electron chi connectivity index (χ3n) is 11.0. The zero-order valence-electron chi connectivity index (χ0n) is 34.1. The first-order chi connectivity index (χ1) is 26.6. The summed E-state index contributed by atoms with van der Waals surface area (Å²) in [6.45, 7) is 20.4. The predicted octanol–water partition coefficient (Wildman–Crippen LogP) is 14.4.